The van der Waals surface area contributed by atoms with E-state index in [9.17, 15) is 0 Å². The van der Waals surface area contributed by atoms with Gasteiger partial charge in [-0.3, -0.25) is 4.90 Å². The van der Waals surface area contributed by atoms with Crippen LogP contribution in [0.15, 0.2) is 12.1 Å². The van der Waals surface area contributed by atoms with Gasteiger partial charge in [0.25, 0.3) is 0 Å². The lowest BCUT2D eigenvalue weighted by Gasteiger charge is -2.35. The van der Waals surface area contributed by atoms with Gasteiger partial charge in [0.05, 0.1) is 18.7 Å². The highest BCUT2D eigenvalue weighted by Gasteiger charge is 2.27. The molecule has 0 radical (unpaired) electrons. The number of nitrogens with two attached hydrogens (primary N) is 1. The summed E-state index contributed by atoms with van der Waals surface area (Å²) < 4.78 is 5.35. The predicted molar refractivity (Wildman–Crippen MR) is 67.8 cm³/mol. The number of aryl methyl sites for hydroxylation is 1. The molecule has 0 spiro atoms. The van der Waals surface area contributed by atoms with Crippen LogP contribution in [0.3, 0.4) is 0 Å². The molecular formula is C12H17N3OS. The first-order chi connectivity index (χ1) is 8.24. The van der Waals surface area contributed by atoms with Gasteiger partial charge in [0, 0.05) is 29.4 Å². The van der Waals surface area contributed by atoms with E-state index in [1.54, 1.807) is 11.3 Å². The summed E-state index contributed by atoms with van der Waals surface area (Å²) in [4.78, 5) is 4.83. The molecule has 1 fully saturated rings. The van der Waals surface area contributed by atoms with Crippen molar-refractivity contribution in [2.24, 2.45) is 5.73 Å². The Hall–Kier alpha value is -0.930. The van der Waals surface area contributed by atoms with Crippen LogP contribution in [-0.2, 0) is 4.74 Å². The van der Waals surface area contributed by atoms with E-state index in [4.69, 9.17) is 15.7 Å². The zero-order valence-electron chi connectivity index (χ0n) is 9.93. The van der Waals surface area contributed by atoms with Gasteiger partial charge in [0.15, 0.2) is 6.10 Å². The van der Waals surface area contributed by atoms with E-state index in [2.05, 4.69) is 30.0 Å². The summed E-state index contributed by atoms with van der Waals surface area (Å²) in [6, 6.07) is 6.63. The molecule has 5 heteroatoms. The van der Waals surface area contributed by atoms with Crippen molar-refractivity contribution in [1.82, 2.24) is 4.90 Å². The van der Waals surface area contributed by atoms with Gasteiger partial charge < -0.3 is 10.5 Å². The summed E-state index contributed by atoms with van der Waals surface area (Å²) in [6.07, 6.45) is -0.321. The number of nitriles is 1. The average molecular weight is 251 g/mol. The molecule has 0 amide bonds. The highest BCUT2D eigenvalue weighted by molar-refractivity contribution is 7.12. The van der Waals surface area contributed by atoms with Crippen molar-refractivity contribution in [2.75, 3.05) is 26.2 Å². The van der Waals surface area contributed by atoms with E-state index >= 15 is 0 Å². The normalized spacial score (nSPS) is 23.2. The molecule has 92 valence electrons. The Balaban J connectivity index is 2.10. The first-order valence-corrected chi connectivity index (χ1v) is 6.58. The first kappa shape index (κ1) is 12.5. The zero-order chi connectivity index (χ0) is 12.3. The molecule has 2 heterocycles. The van der Waals surface area contributed by atoms with E-state index in [1.165, 1.54) is 9.75 Å². The molecule has 17 heavy (non-hydrogen) atoms. The molecule has 2 atom stereocenters. The van der Waals surface area contributed by atoms with Crippen molar-refractivity contribution in [2.45, 2.75) is 19.1 Å². The summed E-state index contributed by atoms with van der Waals surface area (Å²) >= 11 is 1.78. The summed E-state index contributed by atoms with van der Waals surface area (Å²) in [6.45, 7) is 4.78. The minimum Gasteiger partial charge on any atom is -0.361 e. The molecule has 4 nitrogen and oxygen atoms in total. The van der Waals surface area contributed by atoms with Crippen molar-refractivity contribution in [3.05, 3.63) is 21.9 Å². The standard InChI is InChI=1S/C12H17N3OS/c1-9-2-3-12(17-9)11(7-14)15-4-5-16-10(6-13)8-15/h2-3,10-11H,4-5,7-8,14H2,1H3. The molecule has 0 bridgehead atoms. The molecule has 0 saturated carbocycles. The Morgan fingerprint density at radius 1 is 1.71 bits per heavy atom. The predicted octanol–water partition coefficient (Wildman–Crippen LogP) is 1.28. The highest BCUT2D eigenvalue weighted by Crippen LogP contribution is 2.28. The molecular weight excluding hydrogens is 234 g/mol. The fourth-order valence-electron chi connectivity index (χ4n) is 2.11. The van der Waals surface area contributed by atoms with Crippen molar-refractivity contribution in [1.29, 1.82) is 5.26 Å². The van der Waals surface area contributed by atoms with Crippen LogP contribution in [0.5, 0.6) is 0 Å². The van der Waals surface area contributed by atoms with Gasteiger partial charge in [0.1, 0.15) is 0 Å². The molecule has 2 unspecified atom stereocenters. The van der Waals surface area contributed by atoms with E-state index in [-0.39, 0.29) is 12.1 Å². The van der Waals surface area contributed by atoms with E-state index in [0.717, 1.165) is 6.54 Å². The van der Waals surface area contributed by atoms with Crippen molar-refractivity contribution < 1.29 is 4.74 Å². The van der Waals surface area contributed by atoms with Gasteiger partial charge in [-0.25, -0.2) is 0 Å². The van der Waals surface area contributed by atoms with Crippen molar-refractivity contribution >= 4 is 11.3 Å². The van der Waals surface area contributed by atoms with Crippen LogP contribution in [-0.4, -0.2) is 37.2 Å². The number of thiophene rings is 1. The molecule has 0 aliphatic carbocycles. The summed E-state index contributed by atoms with van der Waals surface area (Å²) in [5.74, 6) is 0. The maximum Gasteiger partial charge on any atom is 0.156 e. The van der Waals surface area contributed by atoms with Gasteiger partial charge in [-0.05, 0) is 19.1 Å². The zero-order valence-corrected chi connectivity index (χ0v) is 10.7. The lowest BCUT2D eigenvalue weighted by Crippen LogP contribution is -2.45. The summed E-state index contributed by atoms with van der Waals surface area (Å²) in [5.41, 5.74) is 5.87. The van der Waals surface area contributed by atoms with Crippen LogP contribution < -0.4 is 5.73 Å². The van der Waals surface area contributed by atoms with Crippen LogP contribution in [0.25, 0.3) is 0 Å². The molecule has 1 aliphatic rings. The second kappa shape index (κ2) is 5.61. The van der Waals surface area contributed by atoms with E-state index in [1.807, 2.05) is 0 Å². The number of nitrogens with zero attached hydrogens (tertiary/aromatic N) is 2. The minimum absolute atomic E-state index is 0.216. The van der Waals surface area contributed by atoms with Gasteiger partial charge in [-0.15, -0.1) is 11.3 Å². The first-order valence-electron chi connectivity index (χ1n) is 5.76. The minimum atomic E-state index is -0.321. The van der Waals surface area contributed by atoms with Crippen LogP contribution in [0.2, 0.25) is 0 Å². The molecule has 2 N–H and O–H groups in total. The quantitative estimate of drug-likeness (QED) is 0.879. The molecule has 1 aromatic rings. The van der Waals surface area contributed by atoms with E-state index < -0.39 is 0 Å². The fourth-order valence-corrected chi connectivity index (χ4v) is 3.13. The van der Waals surface area contributed by atoms with Crippen LogP contribution in [0, 0.1) is 18.3 Å². The number of morpholine rings is 1. The largest absolute Gasteiger partial charge is 0.361 e. The van der Waals surface area contributed by atoms with Gasteiger partial charge in [0.2, 0.25) is 0 Å². The van der Waals surface area contributed by atoms with Gasteiger partial charge in [-0.1, -0.05) is 0 Å². The molecule has 2 rings (SSSR count). The second-order valence-electron chi connectivity index (χ2n) is 4.18. The monoisotopic (exact) mass is 251 g/mol. The highest BCUT2D eigenvalue weighted by atomic mass is 32.1. The second-order valence-corrected chi connectivity index (χ2v) is 5.50. The Morgan fingerprint density at radius 3 is 3.12 bits per heavy atom. The third-order valence-electron chi connectivity index (χ3n) is 3.00. The number of hydrogen-bond acceptors (Lipinski definition) is 5. The SMILES string of the molecule is Cc1ccc(C(CN)N2CCOC(C#N)C2)s1. The smallest absolute Gasteiger partial charge is 0.156 e. The fraction of sp³-hybridized carbons (Fsp3) is 0.583. The number of ether oxygens (including phenoxy) is 1. The molecule has 1 saturated heterocycles. The third kappa shape index (κ3) is 2.85. The lowest BCUT2D eigenvalue weighted by molar-refractivity contribution is -0.0155. The van der Waals surface area contributed by atoms with Crippen LogP contribution >= 0.6 is 11.3 Å². The van der Waals surface area contributed by atoms with E-state index in [0.29, 0.717) is 19.7 Å². The van der Waals surface area contributed by atoms with Gasteiger partial charge in [-0.2, -0.15) is 5.26 Å². The Bertz CT molecular complexity index is 412. The van der Waals surface area contributed by atoms with Crippen LogP contribution in [0.1, 0.15) is 15.8 Å². The maximum atomic E-state index is 8.91. The Labute approximate surface area is 106 Å². The molecule has 1 aliphatic heterocycles. The number of hydrogen-bond donors (Lipinski definition) is 1. The van der Waals surface area contributed by atoms with Crippen molar-refractivity contribution in [3.8, 4) is 6.07 Å². The lowest BCUT2D eigenvalue weighted by atomic mass is 10.1. The Kier molecular flexibility index (Phi) is 4.13. The van der Waals surface area contributed by atoms with Crippen LogP contribution in [0.4, 0.5) is 0 Å². The third-order valence-corrected chi connectivity index (χ3v) is 4.10. The summed E-state index contributed by atoms with van der Waals surface area (Å²) in [7, 11) is 0. The molecule has 1 aromatic heterocycles. The van der Waals surface area contributed by atoms with Gasteiger partial charge >= 0.3 is 0 Å². The average Bonchev–Trinajstić information content (AvgIpc) is 2.77. The Morgan fingerprint density at radius 2 is 2.53 bits per heavy atom. The number of rotatable bonds is 3. The summed E-state index contributed by atoms with van der Waals surface area (Å²) in [5, 5.41) is 8.91. The topological polar surface area (TPSA) is 62.3 Å². The van der Waals surface area contributed by atoms with Crippen molar-refractivity contribution in [3.63, 3.8) is 0 Å². The maximum absolute atomic E-state index is 8.91. The molecule has 0 aromatic carbocycles.